The standard InChI is InChI=1S/C19H22N2S/c1-3-6-15-9-10-17(14(2)13-15)18-11-12-19(21-20-18)22-16-7-4-5-8-16/h3,6,9-13,16H,4-5,7-8H2,1-2H3/b6-3+. The minimum Gasteiger partial charge on any atom is -0.149 e. The van der Waals surface area contributed by atoms with Crippen molar-refractivity contribution in [2.24, 2.45) is 0 Å². The lowest BCUT2D eigenvalue weighted by Gasteiger charge is -2.09. The van der Waals surface area contributed by atoms with Crippen molar-refractivity contribution in [3.63, 3.8) is 0 Å². The summed E-state index contributed by atoms with van der Waals surface area (Å²) in [5.41, 5.74) is 4.59. The predicted octanol–water partition coefficient (Wildman–Crippen LogP) is 5.52. The SMILES string of the molecule is C/C=C/c1ccc(-c2ccc(SC3CCCC3)nn2)c(C)c1. The van der Waals surface area contributed by atoms with E-state index in [2.05, 4.69) is 59.6 Å². The molecule has 0 saturated heterocycles. The highest BCUT2D eigenvalue weighted by molar-refractivity contribution is 7.99. The fraction of sp³-hybridized carbons (Fsp3) is 0.368. The molecule has 2 nitrogen and oxygen atoms in total. The normalized spacial score (nSPS) is 15.7. The highest BCUT2D eigenvalue weighted by atomic mass is 32.2. The molecule has 0 aliphatic heterocycles. The Kier molecular flexibility index (Phi) is 4.94. The van der Waals surface area contributed by atoms with Gasteiger partial charge in [0, 0.05) is 10.8 Å². The quantitative estimate of drug-likeness (QED) is 0.743. The van der Waals surface area contributed by atoms with E-state index in [1.807, 2.05) is 18.7 Å². The number of thioether (sulfide) groups is 1. The minimum atomic E-state index is 0.738. The Bertz CT molecular complexity index is 656. The first-order valence-electron chi connectivity index (χ1n) is 8.00. The smallest absolute Gasteiger partial charge is 0.119 e. The average Bonchev–Trinajstić information content (AvgIpc) is 3.02. The Hall–Kier alpha value is -1.61. The number of benzene rings is 1. The van der Waals surface area contributed by atoms with E-state index in [-0.39, 0.29) is 0 Å². The largest absolute Gasteiger partial charge is 0.149 e. The summed E-state index contributed by atoms with van der Waals surface area (Å²) < 4.78 is 0. The molecular weight excluding hydrogens is 288 g/mol. The zero-order valence-corrected chi connectivity index (χ0v) is 14.1. The first-order valence-corrected chi connectivity index (χ1v) is 8.88. The van der Waals surface area contributed by atoms with Crippen molar-refractivity contribution in [2.45, 2.75) is 49.8 Å². The van der Waals surface area contributed by atoms with Gasteiger partial charge in [-0.2, -0.15) is 0 Å². The summed E-state index contributed by atoms with van der Waals surface area (Å²) in [6, 6.07) is 10.7. The van der Waals surface area contributed by atoms with Gasteiger partial charge in [0.2, 0.25) is 0 Å². The third-order valence-electron chi connectivity index (χ3n) is 4.12. The van der Waals surface area contributed by atoms with E-state index in [0.717, 1.165) is 21.5 Å². The third kappa shape index (κ3) is 3.58. The molecule has 1 fully saturated rings. The van der Waals surface area contributed by atoms with Crippen LogP contribution in [0.4, 0.5) is 0 Å². The summed E-state index contributed by atoms with van der Waals surface area (Å²) >= 11 is 1.89. The summed E-state index contributed by atoms with van der Waals surface area (Å²) in [5.74, 6) is 0. The van der Waals surface area contributed by atoms with Crippen LogP contribution in [0.15, 0.2) is 41.4 Å². The highest BCUT2D eigenvalue weighted by Gasteiger charge is 2.17. The van der Waals surface area contributed by atoms with Crippen molar-refractivity contribution >= 4 is 17.8 Å². The molecule has 114 valence electrons. The molecule has 0 spiro atoms. The molecule has 3 rings (SSSR count). The van der Waals surface area contributed by atoms with Crippen LogP contribution in [0.3, 0.4) is 0 Å². The number of allylic oxidation sites excluding steroid dienone is 1. The van der Waals surface area contributed by atoms with Gasteiger partial charge < -0.3 is 0 Å². The van der Waals surface area contributed by atoms with E-state index < -0.39 is 0 Å². The second-order valence-electron chi connectivity index (χ2n) is 5.86. The molecule has 1 saturated carbocycles. The molecule has 0 atom stereocenters. The molecule has 3 heteroatoms. The van der Waals surface area contributed by atoms with E-state index in [4.69, 9.17) is 0 Å². The van der Waals surface area contributed by atoms with Crippen LogP contribution in [-0.2, 0) is 0 Å². The van der Waals surface area contributed by atoms with Crippen molar-refractivity contribution in [1.29, 1.82) is 0 Å². The van der Waals surface area contributed by atoms with E-state index >= 15 is 0 Å². The molecule has 0 unspecified atom stereocenters. The van der Waals surface area contributed by atoms with Crippen molar-refractivity contribution in [3.8, 4) is 11.3 Å². The van der Waals surface area contributed by atoms with Crippen molar-refractivity contribution in [2.75, 3.05) is 0 Å². The Morgan fingerprint density at radius 3 is 2.55 bits per heavy atom. The topological polar surface area (TPSA) is 25.8 Å². The second-order valence-corrected chi connectivity index (χ2v) is 7.18. The fourth-order valence-electron chi connectivity index (χ4n) is 2.97. The maximum absolute atomic E-state index is 4.44. The molecule has 0 N–H and O–H groups in total. The van der Waals surface area contributed by atoms with Crippen molar-refractivity contribution in [3.05, 3.63) is 47.5 Å². The Morgan fingerprint density at radius 2 is 1.91 bits per heavy atom. The fourth-order valence-corrected chi connectivity index (χ4v) is 4.12. The number of hydrogen-bond acceptors (Lipinski definition) is 3. The van der Waals surface area contributed by atoms with Gasteiger partial charge in [-0.05, 0) is 49.9 Å². The molecule has 0 radical (unpaired) electrons. The predicted molar refractivity (Wildman–Crippen MR) is 95.0 cm³/mol. The molecule has 0 bridgehead atoms. The molecular formula is C19H22N2S. The molecule has 2 aromatic rings. The van der Waals surface area contributed by atoms with Gasteiger partial charge in [-0.15, -0.1) is 22.0 Å². The van der Waals surface area contributed by atoms with Crippen LogP contribution in [0.1, 0.15) is 43.7 Å². The van der Waals surface area contributed by atoms with Crippen LogP contribution in [0.5, 0.6) is 0 Å². The molecule has 0 amide bonds. The molecule has 22 heavy (non-hydrogen) atoms. The first-order chi connectivity index (χ1) is 10.8. The van der Waals surface area contributed by atoms with Crippen molar-refractivity contribution < 1.29 is 0 Å². The minimum absolute atomic E-state index is 0.738. The van der Waals surface area contributed by atoms with Crippen LogP contribution >= 0.6 is 11.8 Å². The van der Waals surface area contributed by atoms with Gasteiger partial charge in [0.25, 0.3) is 0 Å². The molecule has 1 aromatic heterocycles. The summed E-state index contributed by atoms with van der Waals surface area (Å²) in [4.78, 5) is 0. The van der Waals surface area contributed by atoms with E-state index in [1.165, 1.54) is 36.8 Å². The summed E-state index contributed by atoms with van der Waals surface area (Å²) in [7, 11) is 0. The van der Waals surface area contributed by atoms with Crippen LogP contribution in [0.2, 0.25) is 0 Å². The van der Waals surface area contributed by atoms with Crippen LogP contribution in [-0.4, -0.2) is 15.4 Å². The van der Waals surface area contributed by atoms with Gasteiger partial charge in [-0.25, -0.2) is 0 Å². The lowest BCUT2D eigenvalue weighted by molar-refractivity contribution is 0.884. The molecule has 1 aliphatic rings. The third-order valence-corrected chi connectivity index (χ3v) is 5.38. The number of aromatic nitrogens is 2. The van der Waals surface area contributed by atoms with E-state index in [0.29, 0.717) is 0 Å². The summed E-state index contributed by atoms with van der Waals surface area (Å²) in [5, 5.41) is 10.6. The van der Waals surface area contributed by atoms with Gasteiger partial charge in [-0.1, -0.05) is 43.2 Å². The maximum Gasteiger partial charge on any atom is 0.119 e. The maximum atomic E-state index is 4.44. The average molecular weight is 310 g/mol. The number of rotatable bonds is 4. The molecule has 1 aromatic carbocycles. The Labute approximate surface area is 137 Å². The monoisotopic (exact) mass is 310 g/mol. The number of aryl methyl sites for hydroxylation is 1. The zero-order valence-electron chi connectivity index (χ0n) is 13.2. The van der Waals surface area contributed by atoms with Gasteiger partial charge in [0.15, 0.2) is 0 Å². The lowest BCUT2D eigenvalue weighted by atomic mass is 10.0. The van der Waals surface area contributed by atoms with Gasteiger partial charge in [0.1, 0.15) is 5.03 Å². The Morgan fingerprint density at radius 1 is 1.09 bits per heavy atom. The summed E-state index contributed by atoms with van der Waals surface area (Å²) in [6.07, 6.45) is 9.54. The molecule has 1 heterocycles. The van der Waals surface area contributed by atoms with E-state index in [9.17, 15) is 0 Å². The van der Waals surface area contributed by atoms with E-state index in [1.54, 1.807) is 0 Å². The number of nitrogens with zero attached hydrogens (tertiary/aromatic N) is 2. The zero-order chi connectivity index (χ0) is 15.4. The van der Waals surface area contributed by atoms with Crippen LogP contribution in [0.25, 0.3) is 17.3 Å². The second kappa shape index (κ2) is 7.10. The Balaban J connectivity index is 1.77. The highest BCUT2D eigenvalue weighted by Crippen LogP contribution is 2.34. The van der Waals surface area contributed by atoms with Gasteiger partial charge in [0.05, 0.1) is 5.69 Å². The van der Waals surface area contributed by atoms with Crippen LogP contribution in [0, 0.1) is 6.92 Å². The number of hydrogen-bond donors (Lipinski definition) is 0. The van der Waals surface area contributed by atoms with Gasteiger partial charge >= 0.3 is 0 Å². The lowest BCUT2D eigenvalue weighted by Crippen LogP contribution is -1.97. The molecule has 1 aliphatic carbocycles. The van der Waals surface area contributed by atoms with Crippen LogP contribution < -0.4 is 0 Å². The first kappa shape index (κ1) is 15.3. The van der Waals surface area contributed by atoms with Crippen molar-refractivity contribution in [1.82, 2.24) is 10.2 Å². The van der Waals surface area contributed by atoms with Gasteiger partial charge in [-0.3, -0.25) is 0 Å². The summed E-state index contributed by atoms with van der Waals surface area (Å²) in [6.45, 7) is 4.17.